The lowest BCUT2D eigenvalue weighted by molar-refractivity contribution is 0.521. The second kappa shape index (κ2) is 7.46. The van der Waals surface area contributed by atoms with Gasteiger partial charge in [-0.25, -0.2) is 12.7 Å². The maximum Gasteiger partial charge on any atom is 0.242 e. The van der Waals surface area contributed by atoms with E-state index in [9.17, 15) is 8.42 Å². The molecule has 8 heteroatoms. The molecule has 3 rings (SSSR count). The van der Waals surface area contributed by atoms with Crippen LogP contribution in [-0.2, 0) is 10.0 Å². The molecule has 0 saturated heterocycles. The Kier molecular flexibility index (Phi) is 5.41. The smallest absolute Gasteiger partial charge is 0.242 e. The largest absolute Gasteiger partial charge is 0.270 e. The number of rotatable bonds is 5. The topological polar surface area (TPSA) is 68.1 Å². The molecule has 142 valence electrons. The third-order valence-corrected chi connectivity index (χ3v) is 6.79. The van der Waals surface area contributed by atoms with Crippen molar-refractivity contribution >= 4 is 21.8 Å². The lowest BCUT2D eigenvalue weighted by Crippen LogP contribution is -2.22. The number of nitrogens with zero attached hydrogens (tertiary/aromatic N) is 4. The van der Waals surface area contributed by atoms with E-state index in [0.717, 1.165) is 22.0 Å². The third-order valence-electron chi connectivity index (χ3n) is 4.35. The molecule has 1 heterocycles. The predicted octanol–water partition coefficient (Wildman–Crippen LogP) is 3.52. The summed E-state index contributed by atoms with van der Waals surface area (Å²) in [6.45, 7) is 4.09. The Hall–Kier alpha value is -2.16. The Morgan fingerprint density at radius 3 is 2.22 bits per heavy atom. The fraction of sp³-hybridized carbons (Fsp3) is 0.263. The molecule has 3 aromatic rings. The summed E-state index contributed by atoms with van der Waals surface area (Å²) in [7, 11) is -0.488. The highest BCUT2D eigenvalue weighted by atomic mass is 32.2. The minimum atomic E-state index is -3.53. The summed E-state index contributed by atoms with van der Waals surface area (Å²) in [4.78, 5) is 0.228. The average Bonchev–Trinajstić information content (AvgIpc) is 3.05. The van der Waals surface area contributed by atoms with Crippen molar-refractivity contribution in [1.82, 2.24) is 19.1 Å². The highest BCUT2D eigenvalue weighted by Crippen LogP contribution is 2.31. The van der Waals surface area contributed by atoms with E-state index in [1.807, 2.05) is 48.9 Å². The number of aromatic nitrogens is 3. The fourth-order valence-electron chi connectivity index (χ4n) is 2.96. The summed E-state index contributed by atoms with van der Waals surface area (Å²) >= 11 is 1.50. The molecule has 0 aliphatic heterocycles. The number of sulfonamides is 1. The Bertz CT molecular complexity index is 1070. The van der Waals surface area contributed by atoms with Crippen LogP contribution in [0.15, 0.2) is 52.5 Å². The van der Waals surface area contributed by atoms with Crippen LogP contribution in [0.5, 0.6) is 0 Å². The maximum absolute atomic E-state index is 12.5. The molecule has 0 aliphatic carbocycles. The molecule has 0 atom stereocenters. The second-order valence-corrected chi connectivity index (χ2v) is 9.33. The van der Waals surface area contributed by atoms with Gasteiger partial charge in [-0.2, -0.15) is 0 Å². The zero-order valence-corrected chi connectivity index (χ0v) is 17.6. The molecule has 0 fully saturated rings. The van der Waals surface area contributed by atoms with E-state index in [4.69, 9.17) is 0 Å². The van der Waals surface area contributed by atoms with Crippen molar-refractivity contribution in [3.05, 3.63) is 53.6 Å². The summed E-state index contributed by atoms with van der Waals surface area (Å²) in [6, 6.07) is 12.9. The standard InChI is InChI=1S/C19H22N4O2S2/c1-13-8-6-9-14(2)17(13)23-18(20-21-19(23)26-5)15-10-7-11-16(12-15)27(24,25)22(3)4/h6-12H,1-5H3. The first-order valence-electron chi connectivity index (χ1n) is 8.36. The molecule has 0 bridgehead atoms. The van der Waals surface area contributed by atoms with E-state index in [2.05, 4.69) is 10.2 Å². The van der Waals surface area contributed by atoms with Crippen molar-refractivity contribution in [2.45, 2.75) is 23.9 Å². The van der Waals surface area contributed by atoms with Gasteiger partial charge in [0.15, 0.2) is 11.0 Å². The van der Waals surface area contributed by atoms with Crippen molar-refractivity contribution in [3.63, 3.8) is 0 Å². The van der Waals surface area contributed by atoms with Gasteiger partial charge in [0.25, 0.3) is 0 Å². The zero-order chi connectivity index (χ0) is 19.8. The first-order chi connectivity index (χ1) is 12.8. The van der Waals surface area contributed by atoms with Gasteiger partial charge >= 0.3 is 0 Å². The van der Waals surface area contributed by atoms with Gasteiger partial charge in [0, 0.05) is 19.7 Å². The summed E-state index contributed by atoms with van der Waals surface area (Å²) < 4.78 is 28.2. The SMILES string of the molecule is CSc1nnc(-c2cccc(S(=O)(=O)N(C)C)c2)n1-c1c(C)cccc1C. The lowest BCUT2D eigenvalue weighted by Gasteiger charge is -2.16. The van der Waals surface area contributed by atoms with Gasteiger partial charge in [-0.3, -0.25) is 4.57 Å². The maximum atomic E-state index is 12.5. The number of benzene rings is 2. The van der Waals surface area contributed by atoms with Gasteiger partial charge in [0.2, 0.25) is 10.0 Å². The third kappa shape index (κ3) is 3.52. The zero-order valence-electron chi connectivity index (χ0n) is 16.0. The molecule has 1 aromatic heterocycles. The van der Waals surface area contributed by atoms with Crippen molar-refractivity contribution in [2.24, 2.45) is 0 Å². The first kappa shape index (κ1) is 19.6. The van der Waals surface area contributed by atoms with E-state index in [0.29, 0.717) is 11.4 Å². The quantitative estimate of drug-likeness (QED) is 0.611. The molecule has 27 heavy (non-hydrogen) atoms. The Morgan fingerprint density at radius 1 is 1.00 bits per heavy atom. The number of aryl methyl sites for hydroxylation is 2. The summed E-state index contributed by atoms with van der Waals surface area (Å²) in [5, 5.41) is 9.43. The monoisotopic (exact) mass is 402 g/mol. The van der Waals surface area contributed by atoms with Crippen LogP contribution < -0.4 is 0 Å². The van der Waals surface area contributed by atoms with Crippen LogP contribution in [0.1, 0.15) is 11.1 Å². The molecular formula is C19H22N4O2S2. The van der Waals surface area contributed by atoms with E-state index in [-0.39, 0.29) is 4.90 Å². The van der Waals surface area contributed by atoms with E-state index < -0.39 is 10.0 Å². The van der Waals surface area contributed by atoms with E-state index >= 15 is 0 Å². The van der Waals surface area contributed by atoms with Gasteiger partial charge in [-0.05, 0) is 43.4 Å². The normalized spacial score (nSPS) is 11.9. The minimum absolute atomic E-state index is 0.228. The molecule has 6 nitrogen and oxygen atoms in total. The number of hydrogen-bond donors (Lipinski definition) is 0. The summed E-state index contributed by atoms with van der Waals surface area (Å²) in [6.07, 6.45) is 1.95. The fourth-order valence-corrected chi connectivity index (χ4v) is 4.39. The van der Waals surface area contributed by atoms with Crippen LogP contribution >= 0.6 is 11.8 Å². The summed E-state index contributed by atoms with van der Waals surface area (Å²) in [5.74, 6) is 0.618. The number of thioether (sulfide) groups is 1. The first-order valence-corrected chi connectivity index (χ1v) is 11.0. The van der Waals surface area contributed by atoms with Crippen molar-refractivity contribution in [2.75, 3.05) is 20.4 Å². The summed E-state index contributed by atoms with van der Waals surface area (Å²) in [5.41, 5.74) is 3.92. The highest BCUT2D eigenvalue weighted by molar-refractivity contribution is 7.98. The van der Waals surface area contributed by atoms with Gasteiger partial charge in [-0.1, -0.05) is 42.1 Å². The Morgan fingerprint density at radius 2 is 1.63 bits per heavy atom. The molecular weight excluding hydrogens is 380 g/mol. The van der Waals surface area contributed by atoms with Crippen LogP contribution in [0, 0.1) is 13.8 Å². The number of para-hydroxylation sites is 1. The molecule has 0 aliphatic rings. The van der Waals surface area contributed by atoms with Gasteiger partial charge < -0.3 is 0 Å². The Balaban J connectivity index is 2.25. The van der Waals surface area contributed by atoms with Crippen LogP contribution in [-0.4, -0.2) is 47.8 Å². The van der Waals surface area contributed by atoms with Gasteiger partial charge in [0.1, 0.15) is 0 Å². The van der Waals surface area contributed by atoms with Crippen molar-refractivity contribution in [3.8, 4) is 17.1 Å². The average molecular weight is 403 g/mol. The predicted molar refractivity (Wildman–Crippen MR) is 109 cm³/mol. The van der Waals surface area contributed by atoms with Crippen LogP contribution in [0.4, 0.5) is 0 Å². The lowest BCUT2D eigenvalue weighted by atomic mass is 10.1. The molecule has 0 amide bonds. The highest BCUT2D eigenvalue weighted by Gasteiger charge is 2.21. The van der Waals surface area contributed by atoms with Gasteiger partial charge in [0.05, 0.1) is 10.6 Å². The molecule has 0 saturated carbocycles. The molecule has 0 spiro atoms. The minimum Gasteiger partial charge on any atom is -0.270 e. The van der Waals surface area contributed by atoms with E-state index in [1.54, 1.807) is 18.2 Å². The van der Waals surface area contributed by atoms with Crippen LogP contribution in [0.3, 0.4) is 0 Å². The molecule has 2 aromatic carbocycles. The second-order valence-electron chi connectivity index (χ2n) is 6.40. The molecule has 0 radical (unpaired) electrons. The van der Waals surface area contributed by atoms with Crippen LogP contribution in [0.2, 0.25) is 0 Å². The molecule has 0 unspecified atom stereocenters. The van der Waals surface area contributed by atoms with Crippen LogP contribution in [0.25, 0.3) is 17.1 Å². The van der Waals surface area contributed by atoms with E-state index in [1.165, 1.54) is 30.2 Å². The molecule has 0 N–H and O–H groups in total. The van der Waals surface area contributed by atoms with Crippen molar-refractivity contribution < 1.29 is 8.42 Å². The van der Waals surface area contributed by atoms with Crippen molar-refractivity contribution in [1.29, 1.82) is 0 Å². The number of hydrogen-bond acceptors (Lipinski definition) is 5. The Labute approximate surface area is 164 Å². The van der Waals surface area contributed by atoms with Gasteiger partial charge in [-0.15, -0.1) is 10.2 Å².